The summed E-state index contributed by atoms with van der Waals surface area (Å²) in [4.78, 5) is 22.7. The van der Waals surface area contributed by atoms with E-state index in [4.69, 9.17) is 15.2 Å². The van der Waals surface area contributed by atoms with Crippen molar-refractivity contribution in [3.63, 3.8) is 0 Å². The van der Waals surface area contributed by atoms with Gasteiger partial charge in [-0.05, 0) is 46.3 Å². The average molecular weight is 489 g/mol. The van der Waals surface area contributed by atoms with Crippen LogP contribution in [-0.2, 0) is 11.0 Å². The zero-order chi connectivity index (χ0) is 22.3. The van der Waals surface area contributed by atoms with Gasteiger partial charge in [0.15, 0.2) is 18.1 Å². The summed E-state index contributed by atoms with van der Waals surface area (Å²) in [6.45, 7) is -0.476. The molecule has 0 aliphatic carbocycles. The molecule has 12 heteroatoms. The van der Waals surface area contributed by atoms with Crippen molar-refractivity contribution in [3.8, 4) is 11.5 Å². The fraction of sp³-hybridized carbons (Fsp3) is 0.167. The van der Waals surface area contributed by atoms with Gasteiger partial charge in [-0.15, -0.1) is 0 Å². The number of nitrogens with zero attached hydrogens (tertiary/aromatic N) is 1. The van der Waals surface area contributed by atoms with Gasteiger partial charge in [-0.2, -0.15) is 18.3 Å². The summed E-state index contributed by atoms with van der Waals surface area (Å²) >= 11 is 3.29. The summed E-state index contributed by atoms with van der Waals surface area (Å²) in [5.41, 5.74) is 6.58. The maximum Gasteiger partial charge on any atom is 0.416 e. The topological polar surface area (TPSA) is 115 Å². The Morgan fingerprint density at radius 3 is 2.60 bits per heavy atom. The van der Waals surface area contributed by atoms with E-state index in [0.29, 0.717) is 10.0 Å². The molecule has 0 unspecified atom stereocenters. The first-order valence-corrected chi connectivity index (χ1v) is 8.95. The molecule has 0 aliphatic rings. The molecule has 2 rings (SSSR count). The Hall–Kier alpha value is -3.28. The Labute approximate surface area is 177 Å². The lowest BCUT2D eigenvalue weighted by Crippen LogP contribution is -2.24. The summed E-state index contributed by atoms with van der Waals surface area (Å²) in [5.74, 6) is -0.210. The van der Waals surface area contributed by atoms with Crippen molar-refractivity contribution >= 4 is 39.8 Å². The average Bonchev–Trinajstić information content (AvgIpc) is 2.67. The van der Waals surface area contributed by atoms with Gasteiger partial charge in [0.2, 0.25) is 0 Å². The van der Waals surface area contributed by atoms with Gasteiger partial charge in [0.05, 0.1) is 18.9 Å². The number of primary amides is 1. The smallest absolute Gasteiger partial charge is 0.416 e. The lowest BCUT2D eigenvalue weighted by Gasteiger charge is -2.13. The molecule has 30 heavy (non-hydrogen) atoms. The minimum atomic E-state index is -4.52. The Morgan fingerprint density at radius 2 is 1.97 bits per heavy atom. The van der Waals surface area contributed by atoms with E-state index in [2.05, 4.69) is 26.3 Å². The van der Waals surface area contributed by atoms with E-state index in [1.165, 1.54) is 37.6 Å². The van der Waals surface area contributed by atoms with Crippen molar-refractivity contribution in [1.29, 1.82) is 0 Å². The monoisotopic (exact) mass is 488 g/mol. The fourth-order valence-electron chi connectivity index (χ4n) is 2.20. The molecule has 0 atom stereocenters. The number of amides is 3. The normalized spacial score (nSPS) is 11.2. The summed E-state index contributed by atoms with van der Waals surface area (Å²) in [6, 6.07) is 6.44. The molecular formula is C18H16BrF3N4O4. The number of hydrogen-bond acceptors (Lipinski definition) is 5. The first-order valence-electron chi connectivity index (χ1n) is 8.16. The molecule has 3 amide bonds. The highest BCUT2D eigenvalue weighted by Gasteiger charge is 2.30. The van der Waals surface area contributed by atoms with Crippen LogP contribution in [0.4, 0.5) is 23.7 Å². The van der Waals surface area contributed by atoms with Crippen molar-refractivity contribution in [2.24, 2.45) is 10.8 Å². The Kier molecular flexibility index (Phi) is 7.64. The second kappa shape index (κ2) is 9.96. The van der Waals surface area contributed by atoms with E-state index >= 15 is 0 Å². The van der Waals surface area contributed by atoms with Crippen LogP contribution in [0.3, 0.4) is 0 Å². The van der Waals surface area contributed by atoms with Gasteiger partial charge in [0.25, 0.3) is 5.91 Å². The highest BCUT2D eigenvalue weighted by Crippen LogP contribution is 2.33. The molecule has 4 N–H and O–H groups in total. The van der Waals surface area contributed by atoms with Crippen molar-refractivity contribution in [1.82, 2.24) is 5.43 Å². The van der Waals surface area contributed by atoms with Crippen LogP contribution in [0.2, 0.25) is 0 Å². The van der Waals surface area contributed by atoms with Crippen LogP contribution in [-0.4, -0.2) is 31.9 Å². The highest BCUT2D eigenvalue weighted by atomic mass is 79.9. The van der Waals surface area contributed by atoms with Crippen molar-refractivity contribution in [2.75, 3.05) is 19.0 Å². The molecule has 0 fully saturated rings. The summed E-state index contributed by atoms with van der Waals surface area (Å²) in [7, 11) is 1.38. The molecule has 0 spiro atoms. The van der Waals surface area contributed by atoms with Crippen LogP contribution in [0.25, 0.3) is 0 Å². The number of hydrogen-bond donors (Lipinski definition) is 3. The number of nitrogens with two attached hydrogens (primary N) is 1. The highest BCUT2D eigenvalue weighted by molar-refractivity contribution is 9.10. The predicted octanol–water partition coefficient (Wildman–Crippen LogP) is 3.50. The summed E-state index contributed by atoms with van der Waals surface area (Å²) in [5, 5.41) is 5.97. The van der Waals surface area contributed by atoms with E-state index in [-0.39, 0.29) is 17.2 Å². The van der Waals surface area contributed by atoms with E-state index < -0.39 is 30.3 Å². The standard InChI is InChI=1S/C18H16BrF3N4O4/c1-29-14-5-10(8-24-26-17(23)28)13(19)7-15(14)30-9-16(27)25-12-4-2-3-11(6-12)18(20,21)22/h2-8H,9H2,1H3,(H,25,27)(H3,23,26,28)/b24-8+. The van der Waals surface area contributed by atoms with E-state index in [0.717, 1.165) is 12.1 Å². The largest absolute Gasteiger partial charge is 0.493 e. The molecule has 160 valence electrons. The Bertz CT molecular complexity index is 967. The van der Waals surface area contributed by atoms with Crippen LogP contribution in [0, 0.1) is 0 Å². The number of anilines is 1. The van der Waals surface area contributed by atoms with Crippen LogP contribution in [0.5, 0.6) is 11.5 Å². The lowest BCUT2D eigenvalue weighted by molar-refractivity contribution is -0.137. The Balaban J connectivity index is 2.06. The number of alkyl halides is 3. The van der Waals surface area contributed by atoms with Gasteiger partial charge in [0.1, 0.15) is 0 Å². The quantitative estimate of drug-likeness (QED) is 0.408. The third-order valence-electron chi connectivity index (χ3n) is 3.49. The molecule has 2 aromatic rings. The van der Waals surface area contributed by atoms with Gasteiger partial charge in [-0.25, -0.2) is 10.2 Å². The molecule has 0 aromatic heterocycles. The first-order chi connectivity index (χ1) is 14.1. The molecule has 0 heterocycles. The molecule has 0 saturated carbocycles. The van der Waals surface area contributed by atoms with Gasteiger partial charge in [0, 0.05) is 15.7 Å². The zero-order valence-corrected chi connectivity index (χ0v) is 17.0. The van der Waals surface area contributed by atoms with Gasteiger partial charge >= 0.3 is 12.2 Å². The maximum absolute atomic E-state index is 12.8. The minimum absolute atomic E-state index is 0.0138. The number of carbonyl (C=O) groups excluding carboxylic acids is 2. The zero-order valence-electron chi connectivity index (χ0n) is 15.4. The van der Waals surface area contributed by atoms with Crippen LogP contribution < -0.4 is 25.9 Å². The van der Waals surface area contributed by atoms with E-state index in [9.17, 15) is 22.8 Å². The van der Waals surface area contributed by atoms with E-state index in [1.807, 2.05) is 5.43 Å². The number of ether oxygens (including phenoxy) is 2. The number of nitrogens with one attached hydrogen (secondary N) is 2. The SMILES string of the molecule is COc1cc(/C=N/NC(N)=O)c(Br)cc1OCC(=O)Nc1cccc(C(F)(F)F)c1. The lowest BCUT2D eigenvalue weighted by atomic mass is 10.2. The second-order valence-corrected chi connectivity index (χ2v) is 6.53. The third kappa shape index (κ3) is 6.65. The Morgan fingerprint density at radius 1 is 1.23 bits per heavy atom. The number of halogens is 4. The maximum atomic E-state index is 12.8. The second-order valence-electron chi connectivity index (χ2n) is 5.67. The third-order valence-corrected chi connectivity index (χ3v) is 4.18. The molecule has 2 aromatic carbocycles. The van der Waals surface area contributed by atoms with Crippen LogP contribution >= 0.6 is 15.9 Å². The summed E-state index contributed by atoms with van der Waals surface area (Å²) in [6.07, 6.45) is -3.21. The first kappa shape index (κ1) is 23.0. The number of urea groups is 1. The predicted molar refractivity (Wildman–Crippen MR) is 107 cm³/mol. The molecule has 8 nitrogen and oxygen atoms in total. The summed E-state index contributed by atoms with van der Waals surface area (Å²) < 4.78 is 49.4. The molecular weight excluding hydrogens is 473 g/mol. The molecule has 0 radical (unpaired) electrons. The van der Waals surface area contributed by atoms with Crippen LogP contribution in [0.1, 0.15) is 11.1 Å². The molecule has 0 bridgehead atoms. The van der Waals surface area contributed by atoms with E-state index in [1.54, 1.807) is 0 Å². The number of rotatable bonds is 7. The number of carbonyl (C=O) groups is 2. The fourth-order valence-corrected chi connectivity index (χ4v) is 2.63. The van der Waals surface area contributed by atoms with Gasteiger partial charge < -0.3 is 20.5 Å². The van der Waals surface area contributed by atoms with Crippen molar-refractivity contribution < 1.29 is 32.2 Å². The van der Waals surface area contributed by atoms with Gasteiger partial charge in [-0.3, -0.25) is 4.79 Å². The molecule has 0 aliphatic heterocycles. The van der Waals surface area contributed by atoms with Crippen molar-refractivity contribution in [3.05, 3.63) is 52.0 Å². The minimum Gasteiger partial charge on any atom is -0.493 e. The number of methoxy groups -OCH3 is 1. The van der Waals surface area contributed by atoms with Gasteiger partial charge in [-0.1, -0.05) is 6.07 Å². The number of hydrazone groups is 1. The van der Waals surface area contributed by atoms with Crippen molar-refractivity contribution in [2.45, 2.75) is 6.18 Å². The van der Waals surface area contributed by atoms with Crippen LogP contribution in [0.15, 0.2) is 46.0 Å². The number of benzene rings is 2. The molecule has 0 saturated heterocycles.